The molecule has 4 rings (SSSR count). The van der Waals surface area contributed by atoms with Crippen molar-refractivity contribution in [3.05, 3.63) is 42.9 Å². The van der Waals surface area contributed by atoms with E-state index in [1.807, 2.05) is 30.3 Å². The molecule has 0 aliphatic heterocycles. The number of nitrogen functional groups attached to an aromatic ring is 1. The minimum atomic E-state index is 0.197. The summed E-state index contributed by atoms with van der Waals surface area (Å²) in [4.78, 5) is 20.5. The van der Waals surface area contributed by atoms with Crippen LogP contribution in [0.3, 0.4) is 0 Å². The van der Waals surface area contributed by atoms with Crippen molar-refractivity contribution in [3.8, 4) is 0 Å². The summed E-state index contributed by atoms with van der Waals surface area (Å²) in [6, 6.07) is 9.88. The number of benzene rings is 1. The summed E-state index contributed by atoms with van der Waals surface area (Å²) in [5.41, 5.74) is 8.92. The molecule has 7 nitrogen and oxygen atoms in total. The Kier molecular flexibility index (Phi) is 4.16. The molecule has 1 aromatic carbocycles. The molecule has 0 amide bonds. The van der Waals surface area contributed by atoms with E-state index >= 15 is 0 Å². The Hall–Kier alpha value is -2.78. The first kappa shape index (κ1) is 15.7. The molecular weight excluding hydrogens is 354 g/mol. The fourth-order valence-corrected chi connectivity index (χ4v) is 3.50. The van der Waals surface area contributed by atoms with E-state index in [0.29, 0.717) is 16.4 Å². The molecule has 0 bridgehead atoms. The smallest absolute Gasteiger partial charge is 0.223 e. The van der Waals surface area contributed by atoms with Gasteiger partial charge in [0.2, 0.25) is 5.95 Å². The van der Waals surface area contributed by atoms with Crippen molar-refractivity contribution in [3.63, 3.8) is 0 Å². The summed E-state index contributed by atoms with van der Waals surface area (Å²) in [5, 5.41) is 5.03. The number of hydrogen-bond acceptors (Lipinski definition) is 7. The van der Waals surface area contributed by atoms with Crippen LogP contribution in [0.15, 0.2) is 47.9 Å². The van der Waals surface area contributed by atoms with Crippen LogP contribution < -0.4 is 11.1 Å². The second-order valence-electron chi connectivity index (χ2n) is 5.24. The van der Waals surface area contributed by atoms with E-state index in [4.69, 9.17) is 18.0 Å². The summed E-state index contributed by atoms with van der Waals surface area (Å²) < 4.78 is 0. The molecule has 0 aliphatic carbocycles. The van der Waals surface area contributed by atoms with E-state index in [1.54, 1.807) is 12.5 Å². The van der Waals surface area contributed by atoms with Crippen LogP contribution in [0, 0.1) is 0 Å². The summed E-state index contributed by atoms with van der Waals surface area (Å²) in [6.07, 6.45) is 3.35. The zero-order chi connectivity index (χ0) is 17.2. The van der Waals surface area contributed by atoms with Gasteiger partial charge in [0.1, 0.15) is 10.5 Å². The molecule has 0 spiro atoms. The number of H-pyrrole nitrogens is 1. The molecule has 0 atom stereocenters. The largest absolute Gasteiger partial charge is 0.368 e. The number of thiocarbonyl (C=S) groups is 1. The first-order valence-corrected chi connectivity index (χ1v) is 8.82. The highest BCUT2D eigenvalue weighted by Crippen LogP contribution is 2.24. The van der Waals surface area contributed by atoms with Crippen molar-refractivity contribution in [1.82, 2.24) is 24.9 Å². The Balaban J connectivity index is 1.47. The fraction of sp³-hybridized carbons (Fsp3) is 0.0625. The van der Waals surface area contributed by atoms with Crippen LogP contribution in [0.25, 0.3) is 22.1 Å². The number of imidazole rings is 1. The summed E-state index contributed by atoms with van der Waals surface area (Å²) in [5.74, 6) is 0.758. The average Bonchev–Trinajstić information content (AvgIpc) is 3.08. The maximum atomic E-state index is 5.72. The zero-order valence-corrected chi connectivity index (χ0v) is 14.6. The number of aromatic nitrogens is 5. The Labute approximate surface area is 152 Å². The lowest BCUT2D eigenvalue weighted by Gasteiger charge is -2.09. The Morgan fingerprint density at radius 3 is 3.08 bits per heavy atom. The highest BCUT2D eigenvalue weighted by atomic mass is 32.2. The molecule has 0 unspecified atom stereocenters. The van der Waals surface area contributed by atoms with Crippen LogP contribution >= 0.6 is 24.0 Å². The van der Waals surface area contributed by atoms with E-state index in [1.165, 1.54) is 11.8 Å². The van der Waals surface area contributed by atoms with Gasteiger partial charge in [-0.25, -0.2) is 9.97 Å². The van der Waals surface area contributed by atoms with Crippen LogP contribution in [0.1, 0.15) is 0 Å². The number of aromatic amines is 1. The number of pyridine rings is 1. The Morgan fingerprint density at radius 2 is 2.16 bits per heavy atom. The average molecular weight is 367 g/mol. The number of nitrogens with zero attached hydrogens (tertiary/aromatic N) is 4. The summed E-state index contributed by atoms with van der Waals surface area (Å²) >= 11 is 6.93. The number of nitrogens with one attached hydrogen (secondary N) is 2. The Morgan fingerprint density at radius 1 is 1.24 bits per heavy atom. The monoisotopic (exact) mass is 367 g/mol. The molecule has 25 heavy (non-hydrogen) atoms. The van der Waals surface area contributed by atoms with Gasteiger partial charge in [-0.1, -0.05) is 30.0 Å². The van der Waals surface area contributed by atoms with Crippen LogP contribution in [0.2, 0.25) is 0 Å². The van der Waals surface area contributed by atoms with E-state index in [-0.39, 0.29) is 5.95 Å². The third-order valence-electron chi connectivity index (χ3n) is 3.50. The molecule has 3 aromatic heterocycles. The van der Waals surface area contributed by atoms with Crippen molar-refractivity contribution in [2.24, 2.45) is 0 Å². The number of rotatable bonds is 4. The molecule has 124 valence electrons. The van der Waals surface area contributed by atoms with Crippen LogP contribution in [-0.2, 0) is 0 Å². The standard InChI is InChI=1S/C16H13N7S2/c17-16-22-14-13(19-8-20-14)15(23-16)25-7-12(24)21-10-3-4-11-9(6-10)2-1-5-18-11/h1-6,8H,7H2,(H,21,24)(H3,17,19,20,22,23). The van der Waals surface area contributed by atoms with Crippen LogP contribution in [-0.4, -0.2) is 35.7 Å². The van der Waals surface area contributed by atoms with Crippen molar-refractivity contribution in [2.75, 3.05) is 16.8 Å². The lowest BCUT2D eigenvalue weighted by Crippen LogP contribution is -2.12. The normalized spacial score (nSPS) is 11.0. The minimum absolute atomic E-state index is 0.197. The Bertz CT molecular complexity index is 1080. The summed E-state index contributed by atoms with van der Waals surface area (Å²) in [7, 11) is 0. The highest BCUT2D eigenvalue weighted by molar-refractivity contribution is 8.01. The van der Waals surface area contributed by atoms with Gasteiger partial charge in [0.25, 0.3) is 0 Å². The van der Waals surface area contributed by atoms with Crippen molar-refractivity contribution >= 4 is 62.7 Å². The van der Waals surface area contributed by atoms with Crippen molar-refractivity contribution < 1.29 is 0 Å². The van der Waals surface area contributed by atoms with Gasteiger partial charge in [0, 0.05) is 17.3 Å². The second-order valence-corrected chi connectivity index (χ2v) is 6.69. The molecule has 0 fully saturated rings. The van der Waals surface area contributed by atoms with Crippen molar-refractivity contribution in [2.45, 2.75) is 5.03 Å². The number of thioether (sulfide) groups is 1. The molecule has 3 heterocycles. The van der Waals surface area contributed by atoms with Gasteiger partial charge in [-0.2, -0.15) is 4.98 Å². The lowest BCUT2D eigenvalue weighted by atomic mass is 10.2. The highest BCUT2D eigenvalue weighted by Gasteiger charge is 2.10. The topological polar surface area (TPSA) is 105 Å². The van der Waals surface area contributed by atoms with Crippen LogP contribution in [0.4, 0.5) is 11.6 Å². The van der Waals surface area contributed by atoms with Gasteiger partial charge in [-0.05, 0) is 24.3 Å². The van der Waals surface area contributed by atoms with Gasteiger partial charge in [-0.3, -0.25) is 4.98 Å². The van der Waals surface area contributed by atoms with Gasteiger partial charge >= 0.3 is 0 Å². The van der Waals surface area contributed by atoms with Crippen LogP contribution in [0.5, 0.6) is 0 Å². The summed E-state index contributed by atoms with van der Waals surface area (Å²) in [6.45, 7) is 0. The van der Waals surface area contributed by atoms with Gasteiger partial charge in [-0.15, -0.1) is 0 Å². The quantitative estimate of drug-likeness (QED) is 0.287. The van der Waals surface area contributed by atoms with Gasteiger partial charge in [0.15, 0.2) is 5.65 Å². The SMILES string of the molecule is Nc1nc(SCC(=S)Nc2ccc3ncccc3c2)c2[nH]cnc2n1. The number of hydrogen-bond donors (Lipinski definition) is 3. The minimum Gasteiger partial charge on any atom is -0.368 e. The number of anilines is 2. The second kappa shape index (κ2) is 6.61. The van der Waals surface area contributed by atoms with Crippen molar-refractivity contribution in [1.29, 1.82) is 0 Å². The molecular formula is C16H13N7S2. The molecule has 0 saturated carbocycles. The molecule has 0 saturated heterocycles. The van der Waals surface area contributed by atoms with E-state index in [0.717, 1.165) is 27.1 Å². The third kappa shape index (κ3) is 3.37. The molecule has 9 heteroatoms. The molecule has 0 aliphatic rings. The number of nitrogens with two attached hydrogens (primary N) is 1. The maximum absolute atomic E-state index is 5.72. The predicted molar refractivity (Wildman–Crippen MR) is 105 cm³/mol. The molecule has 4 N–H and O–H groups in total. The van der Waals surface area contributed by atoms with E-state index < -0.39 is 0 Å². The first-order valence-electron chi connectivity index (χ1n) is 7.43. The maximum Gasteiger partial charge on any atom is 0.223 e. The first-order chi connectivity index (χ1) is 12.2. The third-order valence-corrected chi connectivity index (χ3v) is 4.93. The molecule has 4 aromatic rings. The predicted octanol–water partition coefficient (Wildman–Crippen LogP) is 3.01. The van der Waals surface area contributed by atoms with E-state index in [9.17, 15) is 0 Å². The van der Waals surface area contributed by atoms with Gasteiger partial charge in [0.05, 0.1) is 22.6 Å². The van der Waals surface area contributed by atoms with Gasteiger partial charge < -0.3 is 16.0 Å². The van der Waals surface area contributed by atoms with E-state index in [2.05, 4.69) is 30.2 Å². The lowest BCUT2D eigenvalue weighted by molar-refractivity contribution is 1.10. The fourth-order valence-electron chi connectivity index (χ4n) is 2.41. The zero-order valence-electron chi connectivity index (χ0n) is 12.9. The molecule has 0 radical (unpaired) electrons. The number of fused-ring (bicyclic) bond motifs is 2.